The summed E-state index contributed by atoms with van der Waals surface area (Å²) in [5.74, 6) is -0.127. The molecule has 0 saturated carbocycles. The lowest BCUT2D eigenvalue weighted by atomic mass is 10.2. The van der Waals surface area contributed by atoms with Crippen LogP contribution in [0, 0.1) is 0 Å². The van der Waals surface area contributed by atoms with E-state index in [-0.39, 0.29) is 35.8 Å². The van der Waals surface area contributed by atoms with Gasteiger partial charge in [0.1, 0.15) is 0 Å². The second-order valence-corrected chi connectivity index (χ2v) is 9.91. The number of hydrogen-bond acceptors (Lipinski definition) is 5. The minimum absolute atomic E-state index is 0.0146. The van der Waals surface area contributed by atoms with Crippen LogP contribution < -0.4 is 0 Å². The molecule has 0 aromatic rings. The van der Waals surface area contributed by atoms with Gasteiger partial charge in [-0.1, -0.05) is 0 Å². The number of carbonyl (C=O) groups is 1. The second kappa shape index (κ2) is 6.21. The van der Waals surface area contributed by atoms with Gasteiger partial charge < -0.3 is 4.90 Å². The largest absolute Gasteiger partial charge is 0.338 e. The van der Waals surface area contributed by atoms with Gasteiger partial charge in [-0.15, -0.1) is 0 Å². The van der Waals surface area contributed by atoms with Crippen molar-refractivity contribution >= 4 is 25.8 Å². The Morgan fingerprint density at radius 1 is 1.19 bits per heavy atom. The quantitative estimate of drug-likeness (QED) is 0.686. The van der Waals surface area contributed by atoms with E-state index in [9.17, 15) is 21.6 Å². The van der Waals surface area contributed by atoms with Gasteiger partial charge in [-0.2, -0.15) is 4.31 Å². The zero-order valence-corrected chi connectivity index (χ0v) is 13.8. The number of hydrogen-bond donors (Lipinski definition) is 0. The Balaban J connectivity index is 2.04. The lowest BCUT2D eigenvalue weighted by molar-refractivity contribution is -0.133. The molecule has 0 N–H and O–H groups in total. The van der Waals surface area contributed by atoms with E-state index in [4.69, 9.17) is 0 Å². The maximum absolute atomic E-state index is 12.4. The first-order valence-corrected chi connectivity index (χ1v) is 10.7. The number of likely N-dealkylation sites (N-methyl/N-ethyl adjacent to an activating group) is 1. The molecule has 2 heterocycles. The van der Waals surface area contributed by atoms with E-state index >= 15 is 0 Å². The molecule has 2 rings (SSSR count). The van der Waals surface area contributed by atoms with Crippen molar-refractivity contribution in [3.63, 3.8) is 0 Å². The summed E-state index contributed by atoms with van der Waals surface area (Å²) in [5.41, 5.74) is 0. The summed E-state index contributed by atoms with van der Waals surface area (Å²) in [6.07, 6.45) is 1.83. The van der Waals surface area contributed by atoms with Crippen LogP contribution in [0.25, 0.3) is 0 Å². The van der Waals surface area contributed by atoms with Crippen molar-refractivity contribution in [2.45, 2.75) is 32.2 Å². The van der Waals surface area contributed by atoms with E-state index in [1.807, 2.05) is 0 Å². The fourth-order valence-corrected chi connectivity index (χ4v) is 6.19. The molecule has 21 heavy (non-hydrogen) atoms. The molecule has 2 aliphatic heterocycles. The van der Waals surface area contributed by atoms with Crippen molar-refractivity contribution < 1.29 is 21.6 Å². The van der Waals surface area contributed by atoms with Crippen LogP contribution in [0.15, 0.2) is 0 Å². The van der Waals surface area contributed by atoms with Crippen LogP contribution >= 0.6 is 0 Å². The molecule has 0 aromatic heterocycles. The molecule has 0 radical (unpaired) electrons. The van der Waals surface area contributed by atoms with E-state index < -0.39 is 19.9 Å². The monoisotopic (exact) mass is 338 g/mol. The van der Waals surface area contributed by atoms with Crippen molar-refractivity contribution in [2.75, 3.05) is 36.9 Å². The van der Waals surface area contributed by atoms with Crippen LogP contribution in [-0.2, 0) is 24.7 Å². The van der Waals surface area contributed by atoms with Crippen LogP contribution in [0.2, 0.25) is 0 Å². The minimum atomic E-state index is -3.34. The molecule has 122 valence electrons. The zero-order chi connectivity index (χ0) is 15.7. The zero-order valence-electron chi connectivity index (χ0n) is 12.2. The minimum Gasteiger partial charge on any atom is -0.338 e. The Morgan fingerprint density at radius 3 is 2.43 bits per heavy atom. The van der Waals surface area contributed by atoms with Gasteiger partial charge >= 0.3 is 0 Å². The molecule has 2 saturated heterocycles. The van der Waals surface area contributed by atoms with Crippen molar-refractivity contribution in [3.8, 4) is 0 Å². The lowest BCUT2D eigenvalue weighted by Crippen LogP contribution is -2.49. The standard InChI is InChI=1S/C12H22N2O5S2/c1-2-14(11-5-8-20(16,17)10-11)12(15)9-13-6-3-4-7-21(13,18)19/h11H,2-10H2,1H3. The summed E-state index contributed by atoms with van der Waals surface area (Å²) in [5, 5.41) is 0. The smallest absolute Gasteiger partial charge is 0.238 e. The van der Waals surface area contributed by atoms with Gasteiger partial charge in [-0.25, -0.2) is 16.8 Å². The van der Waals surface area contributed by atoms with Crippen LogP contribution in [0.1, 0.15) is 26.2 Å². The Labute approximate surface area is 126 Å². The number of rotatable bonds is 4. The Hall–Kier alpha value is -0.670. The van der Waals surface area contributed by atoms with Gasteiger partial charge in [0.2, 0.25) is 15.9 Å². The first kappa shape index (κ1) is 16.7. The summed E-state index contributed by atoms with van der Waals surface area (Å²) in [7, 11) is -6.40. The third kappa shape index (κ3) is 3.95. The van der Waals surface area contributed by atoms with Crippen molar-refractivity contribution in [1.29, 1.82) is 0 Å². The molecular formula is C12H22N2O5S2. The summed E-state index contributed by atoms with van der Waals surface area (Å²) in [6.45, 7) is 2.38. The Morgan fingerprint density at radius 2 is 1.90 bits per heavy atom. The normalized spacial score (nSPS) is 28.3. The predicted octanol–water partition coefficient (Wildman–Crippen LogP) is -0.552. The molecule has 7 nitrogen and oxygen atoms in total. The van der Waals surface area contributed by atoms with Gasteiger partial charge in [0, 0.05) is 19.1 Å². The molecular weight excluding hydrogens is 316 g/mol. The van der Waals surface area contributed by atoms with Crippen molar-refractivity contribution in [1.82, 2.24) is 9.21 Å². The van der Waals surface area contributed by atoms with Crippen LogP contribution in [0.4, 0.5) is 0 Å². The SMILES string of the molecule is CCN(C(=O)CN1CCCCS1(=O)=O)C1CCS(=O)(=O)C1. The van der Waals surface area contributed by atoms with Crippen LogP contribution in [0.5, 0.6) is 0 Å². The highest BCUT2D eigenvalue weighted by Gasteiger charge is 2.36. The Bertz CT molecular complexity index is 599. The Kier molecular flexibility index (Phi) is 4.94. The molecule has 0 aliphatic carbocycles. The van der Waals surface area contributed by atoms with E-state index in [2.05, 4.69) is 0 Å². The fourth-order valence-electron chi connectivity index (χ4n) is 2.92. The average molecular weight is 338 g/mol. The molecule has 1 atom stereocenters. The number of amides is 1. The third-order valence-corrected chi connectivity index (χ3v) is 7.73. The van der Waals surface area contributed by atoms with Crippen molar-refractivity contribution in [2.24, 2.45) is 0 Å². The van der Waals surface area contributed by atoms with E-state index in [0.29, 0.717) is 25.9 Å². The van der Waals surface area contributed by atoms with Gasteiger partial charge in [-0.05, 0) is 26.2 Å². The summed E-state index contributed by atoms with van der Waals surface area (Å²) < 4.78 is 48.1. The van der Waals surface area contributed by atoms with Gasteiger partial charge in [0.05, 0.1) is 23.8 Å². The maximum Gasteiger partial charge on any atom is 0.238 e. The molecule has 2 aliphatic rings. The number of sulfone groups is 1. The number of sulfonamides is 1. The number of carbonyl (C=O) groups excluding carboxylic acids is 1. The van der Waals surface area contributed by atoms with E-state index in [0.717, 1.165) is 6.42 Å². The summed E-state index contributed by atoms with van der Waals surface area (Å²) in [6, 6.07) is -0.319. The molecule has 2 fully saturated rings. The molecule has 0 aromatic carbocycles. The highest BCUT2D eigenvalue weighted by atomic mass is 32.2. The lowest BCUT2D eigenvalue weighted by Gasteiger charge is -2.31. The maximum atomic E-state index is 12.4. The topological polar surface area (TPSA) is 91.8 Å². The molecule has 0 bridgehead atoms. The third-order valence-electron chi connectivity index (χ3n) is 4.08. The predicted molar refractivity (Wildman–Crippen MR) is 79.0 cm³/mol. The van der Waals surface area contributed by atoms with Crippen LogP contribution in [0.3, 0.4) is 0 Å². The first-order chi connectivity index (χ1) is 9.75. The summed E-state index contributed by atoms with van der Waals surface area (Å²) in [4.78, 5) is 13.9. The van der Waals surface area contributed by atoms with E-state index in [1.165, 1.54) is 9.21 Å². The number of nitrogens with zero attached hydrogens (tertiary/aromatic N) is 2. The highest BCUT2D eigenvalue weighted by molar-refractivity contribution is 7.91. The molecule has 0 spiro atoms. The summed E-state index contributed by atoms with van der Waals surface area (Å²) >= 11 is 0. The van der Waals surface area contributed by atoms with Gasteiger partial charge in [-0.3, -0.25) is 4.79 Å². The molecule has 9 heteroatoms. The van der Waals surface area contributed by atoms with Gasteiger partial charge in [0.25, 0.3) is 0 Å². The second-order valence-electron chi connectivity index (χ2n) is 5.59. The highest BCUT2D eigenvalue weighted by Crippen LogP contribution is 2.19. The van der Waals surface area contributed by atoms with Crippen LogP contribution in [-0.4, -0.2) is 74.9 Å². The van der Waals surface area contributed by atoms with E-state index in [1.54, 1.807) is 6.92 Å². The average Bonchev–Trinajstić information content (AvgIpc) is 2.73. The fraction of sp³-hybridized carbons (Fsp3) is 0.917. The van der Waals surface area contributed by atoms with Gasteiger partial charge in [0.15, 0.2) is 9.84 Å². The first-order valence-electron chi connectivity index (χ1n) is 7.23. The van der Waals surface area contributed by atoms with Crippen molar-refractivity contribution in [3.05, 3.63) is 0 Å². The molecule has 1 amide bonds. The molecule has 1 unspecified atom stereocenters.